The first-order valence-corrected chi connectivity index (χ1v) is 16.9. The Hall–Kier alpha value is -1.83. The molecule has 0 N–H and O–H groups in total. The Bertz CT molecular complexity index is 855. The van der Waals surface area contributed by atoms with Gasteiger partial charge < -0.3 is 28.1 Å². The molecule has 3 amide bonds. The first kappa shape index (κ1) is 28.9. The summed E-state index contributed by atoms with van der Waals surface area (Å²) >= 11 is 0. The molecule has 0 spiro atoms. The number of hydrogen-bond donors (Lipinski definition) is 0. The van der Waals surface area contributed by atoms with Crippen molar-refractivity contribution in [1.29, 1.82) is 0 Å². The minimum Gasteiger partial charge on any atom is -0.320 e. The van der Waals surface area contributed by atoms with Gasteiger partial charge in [0.05, 0.1) is 118 Å². The van der Waals surface area contributed by atoms with Crippen LogP contribution in [0, 0.1) is 0 Å². The summed E-state index contributed by atoms with van der Waals surface area (Å²) in [6.07, 6.45) is 1.49. The van der Waals surface area contributed by atoms with Crippen molar-refractivity contribution in [3.63, 3.8) is 0 Å². The lowest BCUT2D eigenvalue weighted by atomic mass is 10.1. The van der Waals surface area contributed by atoms with E-state index in [0.717, 1.165) is 151 Å². The normalized spacial score (nSPS) is 39.1. The van der Waals surface area contributed by atoms with Crippen molar-refractivity contribution in [2.45, 2.75) is 19.3 Å². The summed E-state index contributed by atoms with van der Waals surface area (Å²) in [6, 6.07) is 0. The molecule has 12 nitrogen and oxygen atoms in total. The molecule has 10 fully saturated rings. The Morgan fingerprint density at radius 2 is 0.595 bits per heavy atom. The number of nitrogens with zero attached hydrogens (tertiary/aromatic N) is 9. The summed E-state index contributed by atoms with van der Waals surface area (Å²) < 4.78 is 3.16. The SMILES string of the molecule is O=C(CC[N+]12CCN(CC1)CC2)N1CN(C(=O)CC[N+]23CCN(CC2)CC3)CN(C(=O)CC[N+]23CCN(CC2)CC3)C1. The summed E-state index contributed by atoms with van der Waals surface area (Å²) in [4.78, 5) is 54.0. The van der Waals surface area contributed by atoms with Crippen molar-refractivity contribution < 1.29 is 27.8 Å². The number of quaternary nitrogens is 3. The van der Waals surface area contributed by atoms with E-state index < -0.39 is 0 Å². The third-order valence-corrected chi connectivity index (χ3v) is 12.5. The molecule has 0 unspecified atom stereocenters. The van der Waals surface area contributed by atoms with Gasteiger partial charge in [-0.05, 0) is 0 Å². The molecule has 0 atom stereocenters. The Morgan fingerprint density at radius 1 is 0.381 bits per heavy atom. The molecule has 0 saturated carbocycles. The van der Waals surface area contributed by atoms with Crippen molar-refractivity contribution in [2.75, 3.05) is 157 Å². The van der Waals surface area contributed by atoms with Crippen LogP contribution in [0.4, 0.5) is 0 Å². The Morgan fingerprint density at radius 3 is 0.810 bits per heavy atom. The van der Waals surface area contributed by atoms with Gasteiger partial charge in [-0.2, -0.15) is 0 Å². The zero-order valence-corrected chi connectivity index (χ0v) is 25.8. The Labute approximate surface area is 251 Å². The Balaban J connectivity index is 0.990. The van der Waals surface area contributed by atoms with Gasteiger partial charge in [0.15, 0.2) is 0 Å². The van der Waals surface area contributed by atoms with Crippen LogP contribution in [0.25, 0.3) is 0 Å². The van der Waals surface area contributed by atoms with Crippen LogP contribution in [-0.4, -0.2) is 218 Å². The molecule has 0 aromatic heterocycles. The van der Waals surface area contributed by atoms with E-state index in [1.165, 1.54) is 0 Å². The summed E-state index contributed by atoms with van der Waals surface area (Å²) in [7, 11) is 0. The number of carbonyl (C=O) groups excluding carboxylic acids is 3. The number of carbonyl (C=O) groups is 3. The van der Waals surface area contributed by atoms with Crippen LogP contribution in [0.5, 0.6) is 0 Å². The molecule has 0 aliphatic carbocycles. The first-order chi connectivity index (χ1) is 20.3. The second kappa shape index (κ2) is 11.6. The topological polar surface area (TPSA) is 70.7 Å². The molecule has 10 aliphatic heterocycles. The van der Waals surface area contributed by atoms with E-state index in [1.807, 2.05) is 0 Å². The quantitative estimate of drug-likeness (QED) is 0.290. The molecule has 10 saturated heterocycles. The van der Waals surface area contributed by atoms with Gasteiger partial charge in [-0.3, -0.25) is 29.1 Å². The predicted molar refractivity (Wildman–Crippen MR) is 157 cm³/mol. The molecule has 12 heteroatoms. The van der Waals surface area contributed by atoms with E-state index in [0.29, 0.717) is 39.3 Å². The Kier molecular flexibility index (Phi) is 7.98. The van der Waals surface area contributed by atoms with Crippen LogP contribution in [0.3, 0.4) is 0 Å². The van der Waals surface area contributed by atoms with Crippen LogP contribution in [0.15, 0.2) is 0 Å². The smallest absolute Gasteiger partial charge is 0.231 e. The highest BCUT2D eigenvalue weighted by Gasteiger charge is 2.42. The molecule has 6 bridgehead atoms. The van der Waals surface area contributed by atoms with E-state index in [-0.39, 0.29) is 17.7 Å². The second-order valence-corrected chi connectivity index (χ2v) is 14.7. The molecule has 10 rings (SSSR count). The minimum atomic E-state index is 0.0915. The van der Waals surface area contributed by atoms with Gasteiger partial charge in [0.1, 0.15) is 0 Å². The van der Waals surface area contributed by atoms with Crippen LogP contribution < -0.4 is 0 Å². The average Bonchev–Trinajstić information content (AvgIpc) is 3.07. The molecule has 42 heavy (non-hydrogen) atoms. The van der Waals surface area contributed by atoms with Crippen molar-refractivity contribution in [3.05, 3.63) is 0 Å². The van der Waals surface area contributed by atoms with Gasteiger partial charge in [0.2, 0.25) is 17.7 Å². The summed E-state index contributed by atoms with van der Waals surface area (Å²) in [5.41, 5.74) is 0. The molecule has 0 aromatic rings. The van der Waals surface area contributed by atoms with E-state index in [9.17, 15) is 14.4 Å². The van der Waals surface area contributed by atoms with E-state index in [2.05, 4.69) is 14.7 Å². The summed E-state index contributed by atoms with van der Waals surface area (Å²) in [5.74, 6) is 0.275. The summed E-state index contributed by atoms with van der Waals surface area (Å²) in [5, 5.41) is 0. The third kappa shape index (κ3) is 5.95. The highest BCUT2D eigenvalue weighted by atomic mass is 16.2. The number of amides is 3. The highest BCUT2D eigenvalue weighted by Crippen LogP contribution is 2.24. The second-order valence-electron chi connectivity index (χ2n) is 14.7. The van der Waals surface area contributed by atoms with Crippen LogP contribution >= 0.6 is 0 Å². The van der Waals surface area contributed by atoms with E-state index in [4.69, 9.17) is 0 Å². The van der Waals surface area contributed by atoms with Crippen molar-refractivity contribution in [1.82, 2.24) is 29.4 Å². The van der Waals surface area contributed by atoms with Gasteiger partial charge in [0, 0.05) is 58.9 Å². The van der Waals surface area contributed by atoms with Crippen molar-refractivity contribution in [3.8, 4) is 0 Å². The van der Waals surface area contributed by atoms with E-state index >= 15 is 0 Å². The highest BCUT2D eigenvalue weighted by molar-refractivity contribution is 5.82. The van der Waals surface area contributed by atoms with Crippen LogP contribution in [0.2, 0.25) is 0 Å². The molecule has 234 valence electrons. The van der Waals surface area contributed by atoms with Crippen LogP contribution in [-0.2, 0) is 14.4 Å². The molecular formula is C30H54N9O3+3. The van der Waals surface area contributed by atoms with Gasteiger partial charge >= 0.3 is 0 Å². The monoisotopic (exact) mass is 588 g/mol. The fourth-order valence-electron chi connectivity index (χ4n) is 8.90. The fraction of sp³-hybridized carbons (Fsp3) is 0.900. The predicted octanol–water partition coefficient (Wildman–Crippen LogP) is -2.03. The maximum absolute atomic E-state index is 13.7. The van der Waals surface area contributed by atoms with Crippen molar-refractivity contribution in [2.24, 2.45) is 0 Å². The largest absolute Gasteiger partial charge is 0.320 e. The van der Waals surface area contributed by atoms with E-state index in [1.54, 1.807) is 14.7 Å². The zero-order chi connectivity index (χ0) is 28.8. The molecule has 0 aromatic carbocycles. The molecule has 10 heterocycles. The standard InChI is InChI=1S/C30H54N9O3/c40-28(1-13-37-16-4-31(5-17-37)6-18-37)34-25-35(29(41)2-14-38-19-7-32(8-20-38)9-21-38)27-36(26-34)30(42)3-15-39-22-10-33(11-23-39)12-24-39/h1-27H2/q+3. The maximum Gasteiger partial charge on any atom is 0.231 e. The van der Waals surface area contributed by atoms with Crippen LogP contribution in [0.1, 0.15) is 19.3 Å². The first-order valence-electron chi connectivity index (χ1n) is 16.9. The van der Waals surface area contributed by atoms with Gasteiger partial charge in [-0.15, -0.1) is 0 Å². The molecule has 10 aliphatic rings. The molecule has 0 radical (unpaired) electrons. The molecular weight excluding hydrogens is 534 g/mol. The maximum atomic E-state index is 13.7. The minimum absolute atomic E-state index is 0.0915. The lowest BCUT2D eigenvalue weighted by Crippen LogP contribution is -2.68. The lowest BCUT2D eigenvalue weighted by Gasteiger charge is -2.51. The van der Waals surface area contributed by atoms with Gasteiger partial charge in [0.25, 0.3) is 0 Å². The summed E-state index contributed by atoms with van der Waals surface area (Å²) in [6.45, 7) is 24.0. The number of hydrogen-bond acceptors (Lipinski definition) is 6. The number of fused-ring (bicyclic) bond motifs is 9. The number of piperazine rings is 9. The zero-order valence-electron chi connectivity index (χ0n) is 25.8. The average molecular weight is 589 g/mol. The fourth-order valence-corrected chi connectivity index (χ4v) is 8.90. The number of rotatable bonds is 9. The third-order valence-electron chi connectivity index (χ3n) is 12.5. The van der Waals surface area contributed by atoms with Gasteiger partial charge in [-0.25, -0.2) is 0 Å². The lowest BCUT2D eigenvalue weighted by molar-refractivity contribution is -0.940. The van der Waals surface area contributed by atoms with Crippen molar-refractivity contribution >= 4 is 17.7 Å². The van der Waals surface area contributed by atoms with Gasteiger partial charge in [-0.1, -0.05) is 0 Å².